The molecular weight excluding hydrogens is 180 g/mol. The van der Waals surface area contributed by atoms with Crippen LogP contribution in [0.25, 0.3) is 0 Å². The molecule has 5 nitrogen and oxygen atoms in total. The van der Waals surface area contributed by atoms with E-state index in [1.807, 2.05) is 13.8 Å². The summed E-state index contributed by atoms with van der Waals surface area (Å²) < 4.78 is 0. The van der Waals surface area contributed by atoms with E-state index in [2.05, 4.69) is 15.5 Å². The lowest BCUT2D eigenvalue weighted by Gasteiger charge is -2.14. The van der Waals surface area contributed by atoms with Crippen LogP contribution in [0.3, 0.4) is 0 Å². The maximum Gasteiger partial charge on any atom is 0.237 e. The van der Waals surface area contributed by atoms with Gasteiger partial charge in [0.25, 0.3) is 0 Å². The average Bonchev–Trinajstić information content (AvgIpc) is 2.65. The van der Waals surface area contributed by atoms with Gasteiger partial charge in [-0.05, 0) is 5.92 Å². The zero-order valence-electron chi connectivity index (χ0n) is 8.45. The number of amides is 1. The summed E-state index contributed by atoms with van der Waals surface area (Å²) in [6.07, 6.45) is 3.41. The summed E-state index contributed by atoms with van der Waals surface area (Å²) in [7, 11) is 0. The Kier molecular flexibility index (Phi) is 3.64. The number of carbonyl (C=O) groups is 1. The molecule has 0 unspecified atom stereocenters. The van der Waals surface area contributed by atoms with E-state index in [4.69, 9.17) is 5.73 Å². The number of H-pyrrole nitrogens is 1. The first-order valence-electron chi connectivity index (χ1n) is 4.62. The van der Waals surface area contributed by atoms with E-state index in [0.717, 1.165) is 5.56 Å². The van der Waals surface area contributed by atoms with Crippen molar-refractivity contribution in [1.82, 2.24) is 15.5 Å². The van der Waals surface area contributed by atoms with E-state index < -0.39 is 6.04 Å². The molecular formula is C9H16N4O. The zero-order valence-corrected chi connectivity index (χ0v) is 8.45. The number of aromatic nitrogens is 2. The van der Waals surface area contributed by atoms with Gasteiger partial charge in [0.2, 0.25) is 5.91 Å². The molecule has 0 bridgehead atoms. The zero-order chi connectivity index (χ0) is 10.6. The lowest BCUT2D eigenvalue weighted by Crippen LogP contribution is -2.43. The maximum atomic E-state index is 11.4. The average molecular weight is 196 g/mol. The number of hydrogen-bond acceptors (Lipinski definition) is 3. The van der Waals surface area contributed by atoms with Crippen molar-refractivity contribution in [1.29, 1.82) is 0 Å². The third kappa shape index (κ3) is 2.85. The van der Waals surface area contributed by atoms with Crippen LogP contribution in [0.4, 0.5) is 0 Å². The smallest absolute Gasteiger partial charge is 0.237 e. The van der Waals surface area contributed by atoms with Crippen molar-refractivity contribution in [3.05, 3.63) is 18.0 Å². The molecule has 0 aliphatic heterocycles. The van der Waals surface area contributed by atoms with Gasteiger partial charge in [0.15, 0.2) is 0 Å². The Morgan fingerprint density at radius 2 is 2.43 bits per heavy atom. The van der Waals surface area contributed by atoms with Gasteiger partial charge < -0.3 is 11.1 Å². The van der Waals surface area contributed by atoms with Gasteiger partial charge in [0.05, 0.1) is 12.2 Å². The summed E-state index contributed by atoms with van der Waals surface area (Å²) in [5.41, 5.74) is 6.60. The molecule has 1 heterocycles. The standard InChI is InChI=1S/C9H16N4O/c1-6(2)8(10)9(14)11-3-7-4-12-13-5-7/h4-6,8H,3,10H2,1-2H3,(H,11,14)(H,12,13)/t8-/m0/s1. The first kappa shape index (κ1) is 10.7. The molecule has 0 aromatic carbocycles. The number of aromatic amines is 1. The summed E-state index contributed by atoms with van der Waals surface area (Å²) >= 11 is 0. The molecule has 78 valence electrons. The number of nitrogens with one attached hydrogen (secondary N) is 2. The molecule has 0 radical (unpaired) electrons. The molecule has 1 atom stereocenters. The molecule has 4 N–H and O–H groups in total. The molecule has 0 aliphatic carbocycles. The van der Waals surface area contributed by atoms with Crippen molar-refractivity contribution in [2.24, 2.45) is 11.7 Å². The molecule has 1 amide bonds. The number of carbonyl (C=O) groups excluding carboxylic acids is 1. The van der Waals surface area contributed by atoms with Gasteiger partial charge in [-0.1, -0.05) is 13.8 Å². The van der Waals surface area contributed by atoms with Crippen LogP contribution in [0, 0.1) is 5.92 Å². The van der Waals surface area contributed by atoms with Gasteiger partial charge in [0, 0.05) is 18.3 Å². The quantitative estimate of drug-likeness (QED) is 0.634. The van der Waals surface area contributed by atoms with Crippen LogP contribution >= 0.6 is 0 Å². The Labute approximate surface area is 83.1 Å². The second-order valence-electron chi connectivity index (χ2n) is 3.59. The monoisotopic (exact) mass is 196 g/mol. The number of hydrogen-bond donors (Lipinski definition) is 3. The summed E-state index contributed by atoms with van der Waals surface area (Å²) in [6, 6.07) is -0.443. The predicted octanol–water partition coefficient (Wildman–Crippen LogP) is 0.00920. The third-order valence-corrected chi connectivity index (χ3v) is 2.04. The highest BCUT2D eigenvalue weighted by atomic mass is 16.2. The third-order valence-electron chi connectivity index (χ3n) is 2.04. The normalized spacial score (nSPS) is 12.9. The maximum absolute atomic E-state index is 11.4. The van der Waals surface area contributed by atoms with Gasteiger partial charge in [-0.15, -0.1) is 0 Å². The van der Waals surface area contributed by atoms with E-state index in [1.165, 1.54) is 0 Å². The van der Waals surface area contributed by atoms with Crippen LogP contribution in [0.5, 0.6) is 0 Å². The van der Waals surface area contributed by atoms with E-state index in [-0.39, 0.29) is 11.8 Å². The Hall–Kier alpha value is -1.36. The molecule has 0 aliphatic rings. The van der Waals surface area contributed by atoms with Crippen LogP contribution in [0.2, 0.25) is 0 Å². The summed E-state index contributed by atoms with van der Waals surface area (Å²) in [6.45, 7) is 4.31. The molecule has 5 heteroatoms. The van der Waals surface area contributed by atoms with Crippen LogP contribution in [-0.4, -0.2) is 22.1 Å². The largest absolute Gasteiger partial charge is 0.351 e. The molecule has 14 heavy (non-hydrogen) atoms. The Balaban J connectivity index is 2.35. The second kappa shape index (κ2) is 4.76. The number of nitrogens with zero attached hydrogens (tertiary/aromatic N) is 1. The SMILES string of the molecule is CC(C)[C@H](N)C(=O)NCc1cn[nH]c1. The molecule has 0 fully saturated rings. The predicted molar refractivity (Wildman–Crippen MR) is 53.2 cm³/mol. The first-order valence-corrected chi connectivity index (χ1v) is 4.62. The van der Waals surface area contributed by atoms with Gasteiger partial charge in [-0.3, -0.25) is 9.89 Å². The van der Waals surface area contributed by atoms with E-state index in [1.54, 1.807) is 12.4 Å². The van der Waals surface area contributed by atoms with Crippen molar-refractivity contribution >= 4 is 5.91 Å². The van der Waals surface area contributed by atoms with Gasteiger partial charge in [-0.25, -0.2) is 0 Å². The minimum atomic E-state index is -0.443. The summed E-state index contributed by atoms with van der Waals surface area (Å²) in [4.78, 5) is 11.4. The minimum absolute atomic E-state index is 0.124. The fourth-order valence-electron chi connectivity index (χ4n) is 0.984. The Morgan fingerprint density at radius 1 is 1.71 bits per heavy atom. The van der Waals surface area contributed by atoms with E-state index in [9.17, 15) is 4.79 Å². The van der Waals surface area contributed by atoms with Crippen LogP contribution < -0.4 is 11.1 Å². The van der Waals surface area contributed by atoms with Gasteiger partial charge in [-0.2, -0.15) is 5.10 Å². The molecule has 0 saturated carbocycles. The van der Waals surface area contributed by atoms with Crippen molar-refractivity contribution in [3.8, 4) is 0 Å². The van der Waals surface area contributed by atoms with Gasteiger partial charge in [0.1, 0.15) is 0 Å². The minimum Gasteiger partial charge on any atom is -0.351 e. The van der Waals surface area contributed by atoms with Crippen molar-refractivity contribution in [2.45, 2.75) is 26.4 Å². The molecule has 0 saturated heterocycles. The summed E-state index contributed by atoms with van der Waals surface area (Å²) in [5, 5.41) is 9.19. The Morgan fingerprint density at radius 3 is 2.93 bits per heavy atom. The highest BCUT2D eigenvalue weighted by Gasteiger charge is 2.16. The lowest BCUT2D eigenvalue weighted by atomic mass is 10.1. The van der Waals surface area contributed by atoms with Gasteiger partial charge >= 0.3 is 0 Å². The molecule has 0 spiro atoms. The topological polar surface area (TPSA) is 83.8 Å². The van der Waals surface area contributed by atoms with E-state index in [0.29, 0.717) is 6.54 Å². The van der Waals surface area contributed by atoms with Crippen LogP contribution in [-0.2, 0) is 11.3 Å². The number of rotatable bonds is 4. The Bertz CT molecular complexity index is 281. The second-order valence-corrected chi connectivity index (χ2v) is 3.59. The molecule has 1 rings (SSSR count). The number of nitrogens with two attached hydrogens (primary N) is 1. The van der Waals surface area contributed by atoms with Crippen LogP contribution in [0.1, 0.15) is 19.4 Å². The van der Waals surface area contributed by atoms with Crippen molar-refractivity contribution in [2.75, 3.05) is 0 Å². The fourth-order valence-corrected chi connectivity index (χ4v) is 0.984. The van der Waals surface area contributed by atoms with Crippen molar-refractivity contribution < 1.29 is 4.79 Å². The van der Waals surface area contributed by atoms with E-state index >= 15 is 0 Å². The molecule has 1 aromatic rings. The van der Waals surface area contributed by atoms with Crippen molar-refractivity contribution in [3.63, 3.8) is 0 Å². The molecule has 1 aromatic heterocycles. The first-order chi connectivity index (χ1) is 6.61. The summed E-state index contributed by atoms with van der Waals surface area (Å²) in [5.74, 6) is 0.0283. The fraction of sp³-hybridized carbons (Fsp3) is 0.556. The highest BCUT2D eigenvalue weighted by Crippen LogP contribution is 1.99. The highest BCUT2D eigenvalue weighted by molar-refractivity contribution is 5.81. The lowest BCUT2D eigenvalue weighted by molar-refractivity contribution is -0.123. The van der Waals surface area contributed by atoms with Crippen LogP contribution in [0.15, 0.2) is 12.4 Å².